The van der Waals surface area contributed by atoms with Crippen molar-refractivity contribution in [3.63, 3.8) is 0 Å². The summed E-state index contributed by atoms with van der Waals surface area (Å²) < 4.78 is 39.1. The molecule has 1 rings (SSSR count). The van der Waals surface area contributed by atoms with E-state index in [1.807, 2.05) is 5.32 Å². The highest BCUT2D eigenvalue weighted by molar-refractivity contribution is 5.91. The van der Waals surface area contributed by atoms with Gasteiger partial charge in [-0.15, -0.1) is 0 Å². The number of alkyl halides is 3. The molecule has 1 atom stereocenters. The molecule has 0 saturated heterocycles. The average Bonchev–Trinajstić information content (AvgIpc) is 2.35. The maximum Gasteiger partial charge on any atom is 0.408 e. The van der Waals surface area contributed by atoms with Gasteiger partial charge in [0.15, 0.2) is 0 Å². The SMILES string of the molecule is CC(C)(C)CC(NC(=O)Cc1ccccc1C(=O)O)C(F)(F)F. The van der Waals surface area contributed by atoms with Gasteiger partial charge in [0.1, 0.15) is 6.04 Å². The molecule has 1 amide bonds. The molecule has 4 nitrogen and oxygen atoms in total. The molecule has 0 aromatic heterocycles. The molecule has 0 spiro atoms. The number of carbonyl (C=O) groups excluding carboxylic acids is 1. The normalized spacial score (nSPS) is 13.5. The van der Waals surface area contributed by atoms with Crippen LogP contribution in [0, 0.1) is 5.41 Å². The fraction of sp³-hybridized carbons (Fsp3) is 0.500. The van der Waals surface area contributed by atoms with E-state index in [1.54, 1.807) is 20.8 Å². The van der Waals surface area contributed by atoms with E-state index in [1.165, 1.54) is 24.3 Å². The van der Waals surface area contributed by atoms with Gasteiger partial charge in [-0.05, 0) is 23.5 Å². The van der Waals surface area contributed by atoms with Gasteiger partial charge in [0.2, 0.25) is 5.91 Å². The molecule has 128 valence electrons. The van der Waals surface area contributed by atoms with Crippen LogP contribution in [0.15, 0.2) is 24.3 Å². The maximum atomic E-state index is 13.0. The Bertz CT molecular complexity index is 577. The van der Waals surface area contributed by atoms with Gasteiger partial charge in [0, 0.05) is 0 Å². The minimum atomic E-state index is -4.56. The van der Waals surface area contributed by atoms with Crippen molar-refractivity contribution in [2.45, 2.75) is 45.8 Å². The minimum Gasteiger partial charge on any atom is -0.478 e. The molecule has 0 bridgehead atoms. The standard InChI is InChI=1S/C16H20F3NO3/c1-15(2,3)9-12(16(17,18)19)20-13(21)8-10-6-4-5-7-11(10)14(22)23/h4-7,12H,8-9H2,1-3H3,(H,20,21)(H,22,23). The summed E-state index contributed by atoms with van der Waals surface area (Å²) >= 11 is 0. The summed E-state index contributed by atoms with van der Waals surface area (Å²) in [7, 11) is 0. The lowest BCUT2D eigenvalue weighted by molar-refractivity contribution is -0.166. The summed E-state index contributed by atoms with van der Waals surface area (Å²) in [6, 6.07) is 3.78. The lowest BCUT2D eigenvalue weighted by Gasteiger charge is -2.28. The van der Waals surface area contributed by atoms with Gasteiger partial charge in [-0.2, -0.15) is 13.2 Å². The van der Waals surface area contributed by atoms with Gasteiger partial charge in [-0.1, -0.05) is 39.0 Å². The Kier molecular flexibility index (Phi) is 5.80. The van der Waals surface area contributed by atoms with Crippen LogP contribution in [0.25, 0.3) is 0 Å². The summed E-state index contributed by atoms with van der Waals surface area (Å²) in [5.41, 5.74) is -0.539. The Morgan fingerprint density at radius 2 is 1.74 bits per heavy atom. The minimum absolute atomic E-state index is 0.0953. The van der Waals surface area contributed by atoms with Crippen molar-refractivity contribution >= 4 is 11.9 Å². The van der Waals surface area contributed by atoms with Gasteiger partial charge >= 0.3 is 12.1 Å². The van der Waals surface area contributed by atoms with Crippen molar-refractivity contribution in [2.75, 3.05) is 0 Å². The van der Waals surface area contributed by atoms with Crippen molar-refractivity contribution in [2.24, 2.45) is 5.41 Å². The predicted octanol–water partition coefficient (Wildman–Crippen LogP) is 3.41. The number of hydrogen-bond donors (Lipinski definition) is 2. The third kappa shape index (κ3) is 6.30. The van der Waals surface area contributed by atoms with Crippen LogP contribution in [0.5, 0.6) is 0 Å². The number of carbonyl (C=O) groups is 2. The molecule has 0 fully saturated rings. The Morgan fingerprint density at radius 3 is 2.22 bits per heavy atom. The molecule has 1 aromatic rings. The zero-order valence-electron chi connectivity index (χ0n) is 13.2. The molecule has 0 aliphatic heterocycles. The number of halogens is 3. The second-order valence-electron chi connectivity index (χ2n) is 6.57. The van der Waals surface area contributed by atoms with E-state index in [0.29, 0.717) is 0 Å². The van der Waals surface area contributed by atoms with Crippen LogP contribution in [0.1, 0.15) is 43.1 Å². The summed E-state index contributed by atoms with van der Waals surface area (Å²) in [4.78, 5) is 23.0. The Labute approximate surface area is 132 Å². The number of benzene rings is 1. The molecule has 0 aliphatic rings. The summed E-state index contributed by atoms with van der Waals surface area (Å²) in [5, 5.41) is 11.0. The first kappa shape index (κ1) is 19.0. The fourth-order valence-corrected chi connectivity index (χ4v) is 2.16. The predicted molar refractivity (Wildman–Crippen MR) is 79.2 cm³/mol. The monoisotopic (exact) mass is 331 g/mol. The van der Waals surface area contributed by atoms with Crippen LogP contribution in [0.2, 0.25) is 0 Å². The van der Waals surface area contributed by atoms with Crippen molar-refractivity contribution in [1.82, 2.24) is 5.32 Å². The van der Waals surface area contributed by atoms with Crippen LogP contribution in [0.4, 0.5) is 13.2 Å². The molecule has 0 heterocycles. The number of amides is 1. The zero-order chi connectivity index (χ0) is 17.8. The number of carboxylic acid groups (broad SMARTS) is 1. The van der Waals surface area contributed by atoms with E-state index >= 15 is 0 Å². The molecule has 7 heteroatoms. The Morgan fingerprint density at radius 1 is 1.17 bits per heavy atom. The van der Waals surface area contributed by atoms with Crippen LogP contribution in [0.3, 0.4) is 0 Å². The van der Waals surface area contributed by atoms with Gasteiger partial charge in [-0.3, -0.25) is 4.79 Å². The molecular weight excluding hydrogens is 311 g/mol. The van der Waals surface area contributed by atoms with Gasteiger partial charge in [-0.25, -0.2) is 4.79 Å². The number of carboxylic acids is 1. The largest absolute Gasteiger partial charge is 0.478 e. The number of aromatic carboxylic acids is 1. The topological polar surface area (TPSA) is 66.4 Å². The summed E-state index contributed by atoms with van der Waals surface area (Å²) in [5.74, 6) is -2.08. The second-order valence-corrected chi connectivity index (χ2v) is 6.57. The first-order valence-electron chi connectivity index (χ1n) is 7.07. The van der Waals surface area contributed by atoms with Crippen LogP contribution >= 0.6 is 0 Å². The molecule has 0 saturated carbocycles. The highest BCUT2D eigenvalue weighted by atomic mass is 19.4. The third-order valence-electron chi connectivity index (χ3n) is 3.15. The highest BCUT2D eigenvalue weighted by Gasteiger charge is 2.42. The molecule has 0 radical (unpaired) electrons. The van der Waals surface area contributed by atoms with Crippen molar-refractivity contribution in [3.8, 4) is 0 Å². The van der Waals surface area contributed by atoms with Crippen LogP contribution in [-0.2, 0) is 11.2 Å². The lowest BCUT2D eigenvalue weighted by Crippen LogP contribution is -2.47. The summed E-state index contributed by atoms with van der Waals surface area (Å²) in [6.45, 7) is 4.95. The fourth-order valence-electron chi connectivity index (χ4n) is 2.16. The molecule has 1 aromatic carbocycles. The van der Waals surface area contributed by atoms with Crippen molar-refractivity contribution < 1.29 is 27.9 Å². The maximum absolute atomic E-state index is 13.0. The Hall–Kier alpha value is -2.05. The van der Waals surface area contributed by atoms with Crippen LogP contribution < -0.4 is 5.32 Å². The second kappa shape index (κ2) is 7.02. The quantitative estimate of drug-likeness (QED) is 0.869. The molecule has 23 heavy (non-hydrogen) atoms. The van der Waals surface area contributed by atoms with E-state index < -0.39 is 35.9 Å². The first-order chi connectivity index (χ1) is 10.4. The number of nitrogens with one attached hydrogen (secondary N) is 1. The molecular formula is C16H20F3NO3. The van der Waals surface area contributed by atoms with Crippen molar-refractivity contribution in [1.29, 1.82) is 0 Å². The van der Waals surface area contributed by atoms with E-state index in [9.17, 15) is 22.8 Å². The van der Waals surface area contributed by atoms with E-state index in [0.717, 1.165) is 0 Å². The lowest BCUT2D eigenvalue weighted by atomic mass is 9.87. The zero-order valence-corrected chi connectivity index (χ0v) is 13.2. The van der Waals surface area contributed by atoms with Crippen LogP contribution in [-0.4, -0.2) is 29.2 Å². The first-order valence-corrected chi connectivity index (χ1v) is 7.07. The molecule has 2 N–H and O–H groups in total. The highest BCUT2D eigenvalue weighted by Crippen LogP contribution is 2.30. The van der Waals surface area contributed by atoms with Gasteiger partial charge < -0.3 is 10.4 Å². The van der Waals surface area contributed by atoms with E-state index in [4.69, 9.17) is 5.11 Å². The van der Waals surface area contributed by atoms with E-state index in [2.05, 4.69) is 0 Å². The van der Waals surface area contributed by atoms with E-state index in [-0.39, 0.29) is 17.5 Å². The number of rotatable bonds is 5. The summed E-state index contributed by atoms with van der Waals surface area (Å²) in [6.07, 6.45) is -5.24. The van der Waals surface area contributed by atoms with Gasteiger partial charge in [0.25, 0.3) is 0 Å². The van der Waals surface area contributed by atoms with Gasteiger partial charge in [0.05, 0.1) is 12.0 Å². The molecule has 1 unspecified atom stereocenters. The smallest absolute Gasteiger partial charge is 0.408 e. The third-order valence-corrected chi connectivity index (χ3v) is 3.15. The Balaban J connectivity index is 2.87. The number of hydrogen-bond acceptors (Lipinski definition) is 2. The van der Waals surface area contributed by atoms with Crippen molar-refractivity contribution in [3.05, 3.63) is 35.4 Å². The average molecular weight is 331 g/mol. The molecule has 0 aliphatic carbocycles.